The van der Waals surface area contributed by atoms with Crippen LogP contribution in [0.4, 0.5) is 5.69 Å². The lowest BCUT2D eigenvalue weighted by atomic mass is 9.99. The highest BCUT2D eigenvalue weighted by atomic mass is 16.5. The van der Waals surface area contributed by atoms with Crippen LogP contribution in [0.25, 0.3) is 5.76 Å². The number of methoxy groups -OCH3 is 1. The molecule has 2 aromatic heterocycles. The van der Waals surface area contributed by atoms with E-state index in [1.165, 1.54) is 30.7 Å². The van der Waals surface area contributed by atoms with Gasteiger partial charge < -0.3 is 14.3 Å². The quantitative estimate of drug-likeness (QED) is 0.427. The van der Waals surface area contributed by atoms with Gasteiger partial charge in [-0.1, -0.05) is 6.07 Å². The molecule has 7 heteroatoms. The molecule has 1 aliphatic rings. The summed E-state index contributed by atoms with van der Waals surface area (Å²) in [5.74, 6) is -0.944. The van der Waals surface area contributed by atoms with Gasteiger partial charge in [-0.3, -0.25) is 19.5 Å². The zero-order valence-electron chi connectivity index (χ0n) is 14.9. The van der Waals surface area contributed by atoms with E-state index in [0.29, 0.717) is 22.8 Å². The average Bonchev–Trinajstić information content (AvgIpc) is 3.35. The summed E-state index contributed by atoms with van der Waals surface area (Å²) in [5, 5.41) is 10.8. The molecule has 4 rings (SSSR count). The fourth-order valence-electron chi connectivity index (χ4n) is 3.24. The molecule has 3 heterocycles. The minimum Gasteiger partial charge on any atom is -0.507 e. The van der Waals surface area contributed by atoms with Crippen molar-refractivity contribution < 1.29 is 23.8 Å². The molecule has 1 unspecified atom stereocenters. The fourth-order valence-corrected chi connectivity index (χ4v) is 3.24. The SMILES string of the molecule is COc1cccc(N2C(=O)C(=O)/C(=C(\O)c3ccncc3)C2c2ccco2)c1. The van der Waals surface area contributed by atoms with Crippen LogP contribution in [-0.4, -0.2) is 28.9 Å². The van der Waals surface area contributed by atoms with E-state index in [1.54, 1.807) is 48.5 Å². The first-order valence-electron chi connectivity index (χ1n) is 8.50. The minimum atomic E-state index is -0.907. The first-order valence-corrected chi connectivity index (χ1v) is 8.50. The highest BCUT2D eigenvalue weighted by molar-refractivity contribution is 6.51. The normalized spacial score (nSPS) is 18.5. The molecule has 28 heavy (non-hydrogen) atoms. The molecule has 1 N–H and O–H groups in total. The second kappa shape index (κ2) is 7.03. The van der Waals surface area contributed by atoms with Gasteiger partial charge >= 0.3 is 0 Å². The van der Waals surface area contributed by atoms with Gasteiger partial charge in [0, 0.05) is 29.7 Å². The molecule has 1 amide bonds. The van der Waals surface area contributed by atoms with Crippen molar-refractivity contribution in [3.05, 3.63) is 84.1 Å². The lowest BCUT2D eigenvalue weighted by Gasteiger charge is -2.23. The molecule has 0 radical (unpaired) electrons. The molecule has 1 saturated heterocycles. The number of carbonyl (C=O) groups is 2. The summed E-state index contributed by atoms with van der Waals surface area (Å²) < 4.78 is 10.7. The van der Waals surface area contributed by atoms with Gasteiger partial charge in [-0.05, 0) is 36.4 Å². The number of hydrogen-bond acceptors (Lipinski definition) is 6. The predicted octanol–water partition coefficient (Wildman–Crippen LogP) is 3.31. The summed E-state index contributed by atoms with van der Waals surface area (Å²) in [5.41, 5.74) is 0.792. The third-order valence-corrected chi connectivity index (χ3v) is 4.54. The Hall–Kier alpha value is -3.87. The van der Waals surface area contributed by atoms with Crippen LogP contribution in [-0.2, 0) is 9.59 Å². The molecule has 0 bridgehead atoms. The topological polar surface area (TPSA) is 92.9 Å². The number of aliphatic hydroxyl groups excluding tert-OH is 1. The molecular weight excluding hydrogens is 360 g/mol. The van der Waals surface area contributed by atoms with E-state index in [0.717, 1.165) is 0 Å². The van der Waals surface area contributed by atoms with Gasteiger partial charge in [-0.15, -0.1) is 0 Å². The zero-order chi connectivity index (χ0) is 19.7. The first kappa shape index (κ1) is 17.5. The first-order chi connectivity index (χ1) is 13.6. The number of aliphatic hydroxyl groups is 1. The van der Waals surface area contributed by atoms with Crippen molar-refractivity contribution in [1.29, 1.82) is 0 Å². The molecule has 1 aliphatic heterocycles. The van der Waals surface area contributed by atoms with Crippen molar-refractivity contribution in [2.75, 3.05) is 12.0 Å². The van der Waals surface area contributed by atoms with E-state index in [-0.39, 0.29) is 11.3 Å². The average molecular weight is 376 g/mol. The van der Waals surface area contributed by atoms with Gasteiger partial charge in [0.15, 0.2) is 0 Å². The molecular formula is C21H16N2O5. The van der Waals surface area contributed by atoms with Crippen LogP contribution < -0.4 is 9.64 Å². The van der Waals surface area contributed by atoms with Crippen molar-refractivity contribution in [2.45, 2.75) is 6.04 Å². The molecule has 0 saturated carbocycles. The summed E-state index contributed by atoms with van der Waals surface area (Å²) in [6.45, 7) is 0. The Balaban J connectivity index is 1.92. The maximum atomic E-state index is 12.9. The number of amides is 1. The maximum Gasteiger partial charge on any atom is 0.300 e. The standard InChI is InChI=1S/C21H16N2O5/c1-27-15-5-2-4-14(12-15)23-18(16-6-3-11-28-16)17(20(25)21(23)26)19(24)13-7-9-22-10-8-13/h2-12,18,24H,1H3/b19-17-. The van der Waals surface area contributed by atoms with Crippen molar-refractivity contribution in [3.8, 4) is 5.75 Å². The van der Waals surface area contributed by atoms with E-state index >= 15 is 0 Å². The largest absolute Gasteiger partial charge is 0.507 e. The number of furan rings is 1. The summed E-state index contributed by atoms with van der Waals surface area (Å²) in [7, 11) is 1.51. The third-order valence-electron chi connectivity index (χ3n) is 4.54. The molecule has 140 valence electrons. The monoisotopic (exact) mass is 376 g/mol. The Morgan fingerprint density at radius 2 is 1.93 bits per heavy atom. The summed E-state index contributed by atoms with van der Waals surface area (Å²) >= 11 is 0. The van der Waals surface area contributed by atoms with Crippen LogP contribution in [0.15, 0.2) is 77.2 Å². The fraction of sp³-hybridized carbons (Fsp3) is 0.0952. The number of Topliss-reactive ketones (excluding diaryl/α,β-unsaturated/α-hetero) is 1. The Labute approximate surface area is 160 Å². The van der Waals surface area contributed by atoms with Gasteiger partial charge in [0.2, 0.25) is 0 Å². The highest BCUT2D eigenvalue weighted by Gasteiger charge is 2.48. The van der Waals surface area contributed by atoms with Crippen molar-refractivity contribution in [3.63, 3.8) is 0 Å². The lowest BCUT2D eigenvalue weighted by molar-refractivity contribution is -0.132. The molecule has 1 atom stereocenters. The zero-order valence-corrected chi connectivity index (χ0v) is 14.9. The number of carbonyl (C=O) groups excluding carboxylic acids is 2. The summed E-state index contributed by atoms with van der Waals surface area (Å²) in [4.78, 5) is 31.0. The van der Waals surface area contributed by atoms with Gasteiger partial charge in [0.1, 0.15) is 23.3 Å². The predicted molar refractivity (Wildman–Crippen MR) is 101 cm³/mol. The number of nitrogens with zero attached hydrogens (tertiary/aromatic N) is 2. The lowest BCUT2D eigenvalue weighted by Crippen LogP contribution is -2.29. The molecule has 1 aromatic carbocycles. The van der Waals surface area contributed by atoms with Crippen molar-refractivity contribution in [2.24, 2.45) is 0 Å². The van der Waals surface area contributed by atoms with Crippen molar-refractivity contribution >= 4 is 23.1 Å². The number of benzene rings is 1. The second-order valence-corrected chi connectivity index (χ2v) is 6.12. The second-order valence-electron chi connectivity index (χ2n) is 6.12. The Morgan fingerprint density at radius 1 is 1.14 bits per heavy atom. The third kappa shape index (κ3) is 2.83. The van der Waals surface area contributed by atoms with Crippen LogP contribution in [0.5, 0.6) is 5.75 Å². The van der Waals surface area contributed by atoms with Crippen LogP contribution in [0.1, 0.15) is 17.4 Å². The van der Waals surface area contributed by atoms with Crippen LogP contribution in [0, 0.1) is 0 Å². The van der Waals surface area contributed by atoms with Gasteiger partial charge in [0.05, 0.1) is 18.9 Å². The minimum absolute atomic E-state index is 0.0473. The van der Waals surface area contributed by atoms with E-state index in [1.807, 2.05) is 0 Å². The Bertz CT molecular complexity index is 1060. The summed E-state index contributed by atoms with van der Waals surface area (Å²) in [6, 6.07) is 12.3. The number of ether oxygens (including phenoxy) is 1. The molecule has 0 spiro atoms. The maximum absolute atomic E-state index is 12.9. The van der Waals surface area contributed by atoms with E-state index < -0.39 is 17.7 Å². The molecule has 1 fully saturated rings. The highest BCUT2D eigenvalue weighted by Crippen LogP contribution is 2.42. The van der Waals surface area contributed by atoms with E-state index in [9.17, 15) is 14.7 Å². The Kier molecular flexibility index (Phi) is 4.41. The number of anilines is 1. The van der Waals surface area contributed by atoms with Crippen LogP contribution in [0.2, 0.25) is 0 Å². The van der Waals surface area contributed by atoms with Gasteiger partial charge in [-0.25, -0.2) is 0 Å². The van der Waals surface area contributed by atoms with E-state index in [4.69, 9.17) is 9.15 Å². The van der Waals surface area contributed by atoms with E-state index in [2.05, 4.69) is 4.98 Å². The van der Waals surface area contributed by atoms with Crippen molar-refractivity contribution in [1.82, 2.24) is 4.98 Å². The van der Waals surface area contributed by atoms with Gasteiger partial charge in [-0.2, -0.15) is 0 Å². The molecule has 3 aromatic rings. The summed E-state index contributed by atoms with van der Waals surface area (Å²) in [6.07, 6.45) is 4.44. The number of ketones is 1. The van der Waals surface area contributed by atoms with Crippen LogP contribution >= 0.6 is 0 Å². The van der Waals surface area contributed by atoms with Gasteiger partial charge in [0.25, 0.3) is 11.7 Å². The molecule has 7 nitrogen and oxygen atoms in total. The molecule has 0 aliphatic carbocycles. The number of aromatic nitrogens is 1. The smallest absolute Gasteiger partial charge is 0.300 e. The number of hydrogen-bond donors (Lipinski definition) is 1. The number of rotatable bonds is 4. The van der Waals surface area contributed by atoms with Crippen LogP contribution in [0.3, 0.4) is 0 Å². The number of pyridine rings is 1. The Morgan fingerprint density at radius 3 is 2.61 bits per heavy atom.